The first-order valence-corrected chi connectivity index (χ1v) is 11.2. The summed E-state index contributed by atoms with van der Waals surface area (Å²) in [6.07, 6.45) is 1.28. The smallest absolute Gasteiger partial charge is 0.331 e. The van der Waals surface area contributed by atoms with Crippen molar-refractivity contribution in [2.45, 2.75) is 6.04 Å². The number of anilines is 1. The fourth-order valence-corrected chi connectivity index (χ4v) is 4.32. The Morgan fingerprint density at radius 3 is 2.32 bits per heavy atom. The van der Waals surface area contributed by atoms with E-state index in [0.717, 1.165) is 42.0 Å². The number of aromatic nitrogens is 3. The molecule has 5 rings (SSSR count). The third kappa shape index (κ3) is 4.15. The molecule has 1 saturated heterocycles. The molecule has 172 valence electrons. The zero-order valence-electron chi connectivity index (χ0n) is 18.8. The molecule has 1 fully saturated rings. The van der Waals surface area contributed by atoms with E-state index in [9.17, 15) is 14.7 Å². The molecule has 1 N–H and O–H groups in total. The monoisotopic (exact) mass is 455 g/mol. The number of hydrogen-bond acceptors (Lipinski definition) is 6. The molecule has 1 unspecified atom stereocenters. The maximum absolute atomic E-state index is 13.3. The van der Waals surface area contributed by atoms with Gasteiger partial charge in [0.05, 0.1) is 17.5 Å². The number of fused-ring (bicyclic) bond motifs is 1. The summed E-state index contributed by atoms with van der Waals surface area (Å²) in [7, 11) is 2.13. The van der Waals surface area contributed by atoms with Crippen molar-refractivity contribution in [1.29, 1.82) is 0 Å². The normalized spacial score (nSPS) is 15.4. The van der Waals surface area contributed by atoms with Crippen molar-refractivity contribution in [2.75, 3.05) is 38.1 Å². The first kappa shape index (κ1) is 21.8. The van der Waals surface area contributed by atoms with E-state index in [-0.39, 0.29) is 5.52 Å². The minimum absolute atomic E-state index is 0.144. The van der Waals surface area contributed by atoms with Crippen LogP contribution in [-0.4, -0.2) is 63.7 Å². The van der Waals surface area contributed by atoms with Gasteiger partial charge in [0.2, 0.25) is 0 Å². The highest BCUT2D eigenvalue weighted by molar-refractivity contribution is 5.79. The quantitative estimate of drug-likeness (QED) is 0.495. The molecule has 34 heavy (non-hydrogen) atoms. The Morgan fingerprint density at radius 2 is 1.65 bits per heavy atom. The largest absolute Gasteiger partial charge is 0.479 e. The molecule has 1 aliphatic rings. The van der Waals surface area contributed by atoms with Gasteiger partial charge in [-0.05, 0) is 36.9 Å². The molecule has 8 heteroatoms. The van der Waals surface area contributed by atoms with E-state index < -0.39 is 17.6 Å². The predicted octanol–water partition coefficient (Wildman–Crippen LogP) is 2.88. The van der Waals surface area contributed by atoms with E-state index in [0.29, 0.717) is 16.8 Å². The second-order valence-electron chi connectivity index (χ2n) is 8.51. The summed E-state index contributed by atoms with van der Waals surface area (Å²) < 4.78 is 1.13. The average Bonchev–Trinajstić information content (AvgIpc) is 2.87. The van der Waals surface area contributed by atoms with Crippen LogP contribution < -0.4 is 10.5 Å². The van der Waals surface area contributed by atoms with Crippen molar-refractivity contribution < 1.29 is 9.90 Å². The van der Waals surface area contributed by atoms with E-state index in [4.69, 9.17) is 0 Å². The SMILES string of the molecule is CN1CCN(c2ccc(-c3ccc4ncn(C(C(=O)O)c5ccccc5)c(=O)c4n3)cc2)CC1. The fourth-order valence-electron chi connectivity index (χ4n) is 4.32. The number of likely N-dealkylation sites (N-methyl/N-ethyl adjacent to an activating group) is 1. The van der Waals surface area contributed by atoms with Gasteiger partial charge in [0, 0.05) is 37.4 Å². The molecule has 0 amide bonds. The molecular formula is C26H25N5O3. The first-order chi connectivity index (χ1) is 16.5. The molecule has 2 aromatic heterocycles. The summed E-state index contributed by atoms with van der Waals surface area (Å²) in [5.41, 5.74) is 3.26. The van der Waals surface area contributed by atoms with Crippen molar-refractivity contribution in [2.24, 2.45) is 0 Å². The number of pyridine rings is 1. The van der Waals surface area contributed by atoms with Crippen LogP contribution in [0.15, 0.2) is 77.9 Å². The van der Waals surface area contributed by atoms with Crippen LogP contribution in [0.5, 0.6) is 0 Å². The van der Waals surface area contributed by atoms with Crippen LogP contribution in [0.1, 0.15) is 11.6 Å². The summed E-state index contributed by atoms with van der Waals surface area (Å²) >= 11 is 0. The Kier molecular flexibility index (Phi) is 5.81. The third-order valence-corrected chi connectivity index (χ3v) is 6.29. The van der Waals surface area contributed by atoms with Gasteiger partial charge in [-0.15, -0.1) is 0 Å². The number of aliphatic carboxylic acids is 1. The molecule has 2 aromatic carbocycles. The number of carbonyl (C=O) groups is 1. The lowest BCUT2D eigenvalue weighted by molar-refractivity contribution is -0.139. The molecule has 4 aromatic rings. The van der Waals surface area contributed by atoms with Crippen molar-refractivity contribution in [3.63, 3.8) is 0 Å². The number of carboxylic acids is 1. The molecule has 0 aliphatic carbocycles. The average molecular weight is 456 g/mol. The number of nitrogens with zero attached hydrogens (tertiary/aromatic N) is 5. The highest BCUT2D eigenvalue weighted by atomic mass is 16.4. The lowest BCUT2D eigenvalue weighted by atomic mass is 10.1. The third-order valence-electron chi connectivity index (χ3n) is 6.29. The number of rotatable bonds is 5. The fraction of sp³-hybridized carbons (Fsp3) is 0.231. The van der Waals surface area contributed by atoms with Gasteiger partial charge in [-0.2, -0.15) is 0 Å². The van der Waals surface area contributed by atoms with Gasteiger partial charge in [0.1, 0.15) is 0 Å². The first-order valence-electron chi connectivity index (χ1n) is 11.2. The van der Waals surface area contributed by atoms with Crippen molar-refractivity contribution >= 4 is 22.7 Å². The molecular weight excluding hydrogens is 430 g/mol. The molecule has 3 heterocycles. The van der Waals surface area contributed by atoms with Gasteiger partial charge in [0.15, 0.2) is 11.6 Å². The lowest BCUT2D eigenvalue weighted by Crippen LogP contribution is -2.44. The molecule has 0 spiro atoms. The number of hydrogen-bond donors (Lipinski definition) is 1. The Balaban J connectivity index is 1.50. The highest BCUT2D eigenvalue weighted by Gasteiger charge is 2.24. The Morgan fingerprint density at radius 1 is 0.941 bits per heavy atom. The van der Waals surface area contributed by atoms with Crippen molar-refractivity contribution in [1.82, 2.24) is 19.4 Å². The van der Waals surface area contributed by atoms with Crippen LogP contribution in [0.25, 0.3) is 22.3 Å². The second kappa shape index (κ2) is 9.07. The summed E-state index contributed by atoms with van der Waals surface area (Å²) in [5, 5.41) is 9.84. The number of piperazine rings is 1. The van der Waals surface area contributed by atoms with Crippen molar-refractivity contribution in [3.8, 4) is 11.3 Å². The molecule has 0 bridgehead atoms. The van der Waals surface area contributed by atoms with Crippen LogP contribution in [0.3, 0.4) is 0 Å². The van der Waals surface area contributed by atoms with Crippen LogP contribution in [0.4, 0.5) is 5.69 Å². The van der Waals surface area contributed by atoms with Gasteiger partial charge in [0.25, 0.3) is 5.56 Å². The topological polar surface area (TPSA) is 91.6 Å². The number of carboxylic acid groups (broad SMARTS) is 1. The van der Waals surface area contributed by atoms with Crippen LogP contribution in [0, 0.1) is 0 Å². The van der Waals surface area contributed by atoms with Gasteiger partial charge in [-0.1, -0.05) is 42.5 Å². The van der Waals surface area contributed by atoms with Crippen molar-refractivity contribution in [3.05, 3.63) is 89.0 Å². The summed E-state index contributed by atoms with van der Waals surface area (Å²) in [6, 6.07) is 19.2. The zero-order valence-corrected chi connectivity index (χ0v) is 18.8. The molecule has 0 saturated carbocycles. The Bertz CT molecular complexity index is 1380. The summed E-state index contributed by atoms with van der Waals surface area (Å²) in [4.78, 5) is 38.9. The minimum Gasteiger partial charge on any atom is -0.479 e. The Hall–Kier alpha value is -4.04. The van der Waals surface area contributed by atoms with Gasteiger partial charge in [-0.25, -0.2) is 14.8 Å². The van der Waals surface area contributed by atoms with Gasteiger partial charge >= 0.3 is 5.97 Å². The predicted molar refractivity (Wildman–Crippen MR) is 131 cm³/mol. The Labute approximate surface area is 196 Å². The maximum atomic E-state index is 13.3. The molecule has 1 atom stereocenters. The van der Waals surface area contributed by atoms with E-state index in [2.05, 4.69) is 38.9 Å². The molecule has 1 aliphatic heterocycles. The standard InChI is InChI=1S/C26H25N5O3/c1-29-13-15-30(16-14-29)20-9-7-18(8-10-20)21-11-12-22-23(28-21)25(32)31(17-27-22)24(26(33)34)19-5-3-2-4-6-19/h2-12,17,24H,13-16H2,1H3,(H,33,34). The van der Waals surface area contributed by atoms with E-state index in [1.54, 1.807) is 36.4 Å². The van der Waals surface area contributed by atoms with Crippen LogP contribution in [-0.2, 0) is 4.79 Å². The van der Waals surface area contributed by atoms with E-state index in [1.165, 1.54) is 6.33 Å². The van der Waals surface area contributed by atoms with Crippen LogP contribution >= 0.6 is 0 Å². The van der Waals surface area contributed by atoms with E-state index >= 15 is 0 Å². The van der Waals surface area contributed by atoms with Crippen LogP contribution in [0.2, 0.25) is 0 Å². The zero-order chi connectivity index (χ0) is 23.7. The maximum Gasteiger partial charge on any atom is 0.331 e. The lowest BCUT2D eigenvalue weighted by Gasteiger charge is -2.34. The van der Waals surface area contributed by atoms with Gasteiger partial charge < -0.3 is 14.9 Å². The summed E-state index contributed by atoms with van der Waals surface area (Å²) in [6.45, 7) is 4.05. The van der Waals surface area contributed by atoms with Gasteiger partial charge in [-0.3, -0.25) is 9.36 Å². The van der Waals surface area contributed by atoms with E-state index in [1.807, 2.05) is 18.2 Å². The summed E-state index contributed by atoms with van der Waals surface area (Å²) in [5.74, 6) is -1.13. The minimum atomic E-state index is -1.18. The molecule has 0 radical (unpaired) electrons. The second-order valence-corrected chi connectivity index (χ2v) is 8.51. The molecule has 8 nitrogen and oxygen atoms in total. The highest BCUT2D eigenvalue weighted by Crippen LogP contribution is 2.24. The number of benzene rings is 2.